The van der Waals surface area contributed by atoms with Gasteiger partial charge < -0.3 is 5.11 Å². The van der Waals surface area contributed by atoms with Crippen molar-refractivity contribution in [2.24, 2.45) is 5.10 Å². The van der Waals surface area contributed by atoms with Crippen LogP contribution in [0.4, 0.5) is 0 Å². The minimum atomic E-state index is -3.74. The van der Waals surface area contributed by atoms with Gasteiger partial charge in [-0.1, -0.05) is 48.5 Å². The average Bonchev–Trinajstić information content (AvgIpc) is 2.61. The van der Waals surface area contributed by atoms with Gasteiger partial charge in [0.25, 0.3) is 10.0 Å². The minimum absolute atomic E-state index is 0.0771. The number of hydrogen-bond acceptors (Lipinski definition) is 4. The first kappa shape index (κ1) is 16.0. The summed E-state index contributed by atoms with van der Waals surface area (Å²) >= 11 is 0. The predicted octanol–water partition coefficient (Wildman–Crippen LogP) is 3.25. The van der Waals surface area contributed by atoms with E-state index in [4.69, 9.17) is 0 Å². The van der Waals surface area contributed by atoms with Crippen LogP contribution in [0, 0.1) is 0 Å². The molecule has 0 amide bonds. The zero-order chi connectivity index (χ0) is 17.2. The Morgan fingerprint density at radius 3 is 2.38 bits per heavy atom. The Labute approximate surface area is 140 Å². The summed E-state index contributed by atoms with van der Waals surface area (Å²) in [4.78, 5) is 2.33. The first-order chi connectivity index (χ1) is 11.5. The van der Waals surface area contributed by atoms with Gasteiger partial charge in [0, 0.05) is 10.9 Å². The standard InChI is InChI=1S/C18H16N2O3S/c1-13(19-20-24(22,23)15-8-3-2-4-9-15)16-12-11-14-7-5-6-10-17(14)18(16)21/h2-12,20-21H,1H3/b19-13-. The van der Waals surface area contributed by atoms with E-state index in [1.807, 2.05) is 24.3 Å². The quantitative estimate of drug-likeness (QED) is 0.565. The number of aromatic hydroxyl groups is 1. The van der Waals surface area contributed by atoms with Gasteiger partial charge in [0.15, 0.2) is 0 Å². The number of phenols is 1. The molecule has 0 fully saturated rings. The molecule has 0 heterocycles. The fraction of sp³-hybridized carbons (Fsp3) is 0.0556. The zero-order valence-corrected chi connectivity index (χ0v) is 13.8. The Kier molecular flexibility index (Phi) is 4.22. The van der Waals surface area contributed by atoms with E-state index in [1.165, 1.54) is 12.1 Å². The van der Waals surface area contributed by atoms with Gasteiger partial charge in [-0.25, -0.2) is 0 Å². The topological polar surface area (TPSA) is 78.8 Å². The molecule has 3 aromatic carbocycles. The Bertz CT molecular complexity index is 1010. The summed E-state index contributed by atoms with van der Waals surface area (Å²) in [5.41, 5.74) is 0.849. The minimum Gasteiger partial charge on any atom is -0.507 e. The molecule has 24 heavy (non-hydrogen) atoms. The van der Waals surface area contributed by atoms with Crippen molar-refractivity contribution in [2.45, 2.75) is 11.8 Å². The predicted molar refractivity (Wildman–Crippen MR) is 94.6 cm³/mol. The van der Waals surface area contributed by atoms with Crippen LogP contribution in [0.5, 0.6) is 5.75 Å². The molecule has 0 saturated heterocycles. The fourth-order valence-electron chi connectivity index (χ4n) is 2.39. The Morgan fingerprint density at radius 2 is 1.62 bits per heavy atom. The molecule has 3 aromatic rings. The van der Waals surface area contributed by atoms with Crippen LogP contribution < -0.4 is 4.83 Å². The molecule has 0 aromatic heterocycles. The molecule has 0 aliphatic heterocycles. The molecular formula is C18H16N2O3S. The highest BCUT2D eigenvalue weighted by Crippen LogP contribution is 2.28. The normalized spacial score (nSPS) is 12.3. The number of hydrazone groups is 1. The van der Waals surface area contributed by atoms with Crippen molar-refractivity contribution in [3.05, 3.63) is 72.3 Å². The van der Waals surface area contributed by atoms with Crippen molar-refractivity contribution in [2.75, 3.05) is 0 Å². The number of sulfonamides is 1. The smallest absolute Gasteiger partial charge is 0.276 e. The molecule has 2 N–H and O–H groups in total. The van der Waals surface area contributed by atoms with Gasteiger partial charge in [-0.2, -0.15) is 18.4 Å². The van der Waals surface area contributed by atoms with E-state index in [9.17, 15) is 13.5 Å². The van der Waals surface area contributed by atoms with Gasteiger partial charge in [-0.3, -0.25) is 0 Å². The third-order valence-corrected chi connectivity index (χ3v) is 4.90. The van der Waals surface area contributed by atoms with E-state index >= 15 is 0 Å². The molecule has 6 heteroatoms. The number of fused-ring (bicyclic) bond motifs is 1. The molecule has 3 rings (SSSR count). The van der Waals surface area contributed by atoms with Gasteiger partial charge in [0.05, 0.1) is 10.6 Å². The summed E-state index contributed by atoms with van der Waals surface area (Å²) < 4.78 is 24.4. The van der Waals surface area contributed by atoms with Crippen LogP contribution in [-0.4, -0.2) is 19.2 Å². The second-order valence-corrected chi connectivity index (χ2v) is 6.95. The first-order valence-electron chi connectivity index (χ1n) is 7.31. The highest BCUT2D eigenvalue weighted by Gasteiger charge is 2.13. The highest BCUT2D eigenvalue weighted by molar-refractivity contribution is 7.89. The lowest BCUT2D eigenvalue weighted by molar-refractivity contribution is 0.480. The maximum absolute atomic E-state index is 12.2. The van der Waals surface area contributed by atoms with Gasteiger partial charge >= 0.3 is 0 Å². The summed E-state index contributed by atoms with van der Waals surface area (Å²) in [6.07, 6.45) is 0. The number of nitrogens with zero attached hydrogens (tertiary/aromatic N) is 1. The molecule has 0 aliphatic carbocycles. The summed E-state index contributed by atoms with van der Waals surface area (Å²) in [6.45, 7) is 1.64. The second-order valence-electron chi connectivity index (χ2n) is 5.29. The van der Waals surface area contributed by atoms with Crippen molar-refractivity contribution in [1.29, 1.82) is 0 Å². The molecular weight excluding hydrogens is 324 g/mol. The maximum atomic E-state index is 12.2. The number of hydrogen-bond donors (Lipinski definition) is 2. The number of nitrogens with one attached hydrogen (secondary N) is 1. The van der Waals surface area contributed by atoms with Crippen LogP contribution in [0.15, 0.2) is 76.7 Å². The molecule has 0 atom stereocenters. The number of phenolic OH excluding ortho intramolecular Hbond substituents is 1. The van der Waals surface area contributed by atoms with Crippen LogP contribution in [0.1, 0.15) is 12.5 Å². The highest BCUT2D eigenvalue weighted by atomic mass is 32.2. The van der Waals surface area contributed by atoms with Crippen LogP contribution in [0.3, 0.4) is 0 Å². The van der Waals surface area contributed by atoms with E-state index in [0.717, 1.165) is 5.39 Å². The van der Waals surface area contributed by atoms with Crippen molar-refractivity contribution in [1.82, 2.24) is 4.83 Å². The Morgan fingerprint density at radius 1 is 0.958 bits per heavy atom. The third kappa shape index (κ3) is 3.09. The van der Waals surface area contributed by atoms with Crippen molar-refractivity contribution >= 4 is 26.5 Å². The van der Waals surface area contributed by atoms with Gasteiger partial charge in [-0.15, -0.1) is 0 Å². The zero-order valence-electron chi connectivity index (χ0n) is 13.0. The summed E-state index contributed by atoms with van der Waals surface area (Å²) in [6, 6.07) is 19.0. The molecule has 5 nitrogen and oxygen atoms in total. The lowest BCUT2D eigenvalue weighted by atomic mass is 10.0. The maximum Gasteiger partial charge on any atom is 0.276 e. The number of rotatable bonds is 4. The average molecular weight is 340 g/mol. The van der Waals surface area contributed by atoms with Crippen molar-refractivity contribution < 1.29 is 13.5 Å². The SMILES string of the molecule is C/C(=N/NS(=O)(=O)c1ccccc1)c1ccc2ccccc2c1O. The van der Waals surface area contributed by atoms with Gasteiger partial charge in [-0.05, 0) is 30.5 Å². The van der Waals surface area contributed by atoms with E-state index in [1.54, 1.807) is 37.3 Å². The van der Waals surface area contributed by atoms with E-state index < -0.39 is 10.0 Å². The van der Waals surface area contributed by atoms with Crippen molar-refractivity contribution in [3.8, 4) is 5.75 Å². The van der Waals surface area contributed by atoms with Crippen LogP contribution >= 0.6 is 0 Å². The lowest BCUT2D eigenvalue weighted by Crippen LogP contribution is -2.19. The molecule has 0 spiro atoms. The number of benzene rings is 3. The second kappa shape index (κ2) is 6.33. The Hall–Kier alpha value is -2.86. The molecule has 122 valence electrons. The van der Waals surface area contributed by atoms with Gasteiger partial charge in [0.2, 0.25) is 0 Å². The third-order valence-electron chi connectivity index (χ3n) is 3.68. The molecule has 0 saturated carbocycles. The Balaban J connectivity index is 1.93. The largest absolute Gasteiger partial charge is 0.507 e. The molecule has 0 bridgehead atoms. The fourth-order valence-corrected chi connectivity index (χ4v) is 3.27. The summed E-state index contributed by atoms with van der Waals surface area (Å²) in [5.74, 6) is 0.0771. The lowest BCUT2D eigenvalue weighted by Gasteiger charge is -2.09. The summed E-state index contributed by atoms with van der Waals surface area (Å²) in [5, 5.41) is 15.9. The van der Waals surface area contributed by atoms with Crippen LogP contribution in [0.2, 0.25) is 0 Å². The van der Waals surface area contributed by atoms with E-state index in [0.29, 0.717) is 16.7 Å². The molecule has 0 aliphatic rings. The van der Waals surface area contributed by atoms with Crippen molar-refractivity contribution in [3.63, 3.8) is 0 Å². The van der Waals surface area contributed by atoms with Crippen LogP contribution in [0.25, 0.3) is 10.8 Å². The molecule has 0 radical (unpaired) electrons. The van der Waals surface area contributed by atoms with E-state index in [-0.39, 0.29) is 10.6 Å². The van der Waals surface area contributed by atoms with Gasteiger partial charge in [0.1, 0.15) is 5.75 Å². The van der Waals surface area contributed by atoms with Crippen LogP contribution in [-0.2, 0) is 10.0 Å². The first-order valence-corrected chi connectivity index (χ1v) is 8.79. The monoisotopic (exact) mass is 340 g/mol. The molecule has 0 unspecified atom stereocenters. The summed E-state index contributed by atoms with van der Waals surface area (Å²) in [7, 11) is -3.74. The van der Waals surface area contributed by atoms with E-state index in [2.05, 4.69) is 9.93 Å².